The average Bonchev–Trinajstić information content (AvgIpc) is 2.43. The van der Waals surface area contributed by atoms with E-state index in [1.54, 1.807) is 0 Å². The minimum Gasteiger partial charge on any atom is -0.320 e. The molecule has 1 aromatic heterocycles. The Kier molecular flexibility index (Phi) is 4.63. The van der Waals surface area contributed by atoms with Gasteiger partial charge in [-0.3, -0.25) is 4.79 Å². The monoisotopic (exact) mass is 284 g/mol. The van der Waals surface area contributed by atoms with E-state index in [1.165, 1.54) is 5.56 Å². The van der Waals surface area contributed by atoms with Crippen LogP contribution in [0.15, 0.2) is 41.2 Å². The minimum absolute atomic E-state index is 0.0248. The number of aryl methyl sites for hydroxylation is 2. The topological polar surface area (TPSA) is 48.0 Å². The lowest BCUT2D eigenvalue weighted by Gasteiger charge is -2.17. The zero-order valence-corrected chi connectivity index (χ0v) is 13.3. The summed E-state index contributed by atoms with van der Waals surface area (Å²) >= 11 is 0. The van der Waals surface area contributed by atoms with Gasteiger partial charge in [0.2, 0.25) is 0 Å². The fourth-order valence-corrected chi connectivity index (χ4v) is 2.47. The molecule has 0 saturated carbocycles. The second-order valence-electron chi connectivity index (χ2n) is 6.13. The third kappa shape index (κ3) is 3.42. The molecular formula is C18H24N2O. The Morgan fingerprint density at radius 3 is 2.24 bits per heavy atom. The first-order valence-corrected chi connectivity index (χ1v) is 7.42. The number of aromatic nitrogens is 1. The Hall–Kier alpha value is -1.87. The molecule has 1 aromatic carbocycles. The van der Waals surface area contributed by atoms with Gasteiger partial charge in [0.05, 0.1) is 6.04 Å². The maximum absolute atomic E-state index is 12.7. The first kappa shape index (κ1) is 15.5. The molecule has 1 unspecified atom stereocenters. The van der Waals surface area contributed by atoms with Gasteiger partial charge >= 0.3 is 0 Å². The summed E-state index contributed by atoms with van der Waals surface area (Å²) in [5.74, 6) is 0.423. The molecule has 2 rings (SSSR count). The molecule has 0 fully saturated rings. The summed E-state index contributed by atoms with van der Waals surface area (Å²) in [5.41, 5.74) is 10.1. The van der Waals surface area contributed by atoms with Gasteiger partial charge in [-0.15, -0.1) is 0 Å². The second kappa shape index (κ2) is 6.27. The van der Waals surface area contributed by atoms with Crippen molar-refractivity contribution in [2.45, 2.75) is 40.3 Å². The number of benzene rings is 1. The van der Waals surface area contributed by atoms with Crippen molar-refractivity contribution in [2.75, 3.05) is 0 Å². The summed E-state index contributed by atoms with van der Waals surface area (Å²) in [5, 5.41) is 0. The maximum atomic E-state index is 12.7. The fraction of sp³-hybridized carbons (Fsp3) is 0.389. The van der Waals surface area contributed by atoms with Crippen LogP contribution in [0.4, 0.5) is 0 Å². The third-order valence-electron chi connectivity index (χ3n) is 3.74. The van der Waals surface area contributed by atoms with Crippen molar-refractivity contribution in [3.05, 3.63) is 69.1 Å². The van der Waals surface area contributed by atoms with E-state index in [0.717, 1.165) is 17.8 Å². The van der Waals surface area contributed by atoms with Crippen molar-refractivity contribution >= 4 is 0 Å². The zero-order valence-electron chi connectivity index (χ0n) is 13.3. The Morgan fingerprint density at radius 1 is 1.05 bits per heavy atom. The zero-order chi connectivity index (χ0) is 15.6. The highest BCUT2D eigenvalue weighted by Crippen LogP contribution is 2.18. The Balaban J connectivity index is 2.44. The van der Waals surface area contributed by atoms with Crippen LogP contribution in [0.1, 0.15) is 42.3 Å². The molecule has 0 aliphatic heterocycles. The number of rotatable bonds is 4. The molecule has 2 N–H and O–H groups in total. The molecule has 0 aliphatic rings. The van der Waals surface area contributed by atoms with Crippen LogP contribution in [0.2, 0.25) is 0 Å². The van der Waals surface area contributed by atoms with Gasteiger partial charge in [-0.05, 0) is 37.5 Å². The summed E-state index contributed by atoms with van der Waals surface area (Å²) in [6.45, 7) is 8.94. The van der Waals surface area contributed by atoms with E-state index in [-0.39, 0.29) is 11.6 Å². The first-order valence-electron chi connectivity index (χ1n) is 7.42. The van der Waals surface area contributed by atoms with Crippen LogP contribution in [0.25, 0.3) is 0 Å². The molecule has 2 aromatic rings. The van der Waals surface area contributed by atoms with Crippen molar-refractivity contribution in [2.24, 2.45) is 11.7 Å². The highest BCUT2D eigenvalue weighted by Gasteiger charge is 2.15. The largest absolute Gasteiger partial charge is 0.320 e. The Labute approximate surface area is 126 Å². The number of hydrogen-bond donors (Lipinski definition) is 1. The summed E-state index contributed by atoms with van der Waals surface area (Å²) in [6.07, 6.45) is 0. The predicted octanol–water partition coefficient (Wildman–Crippen LogP) is 3.17. The minimum atomic E-state index is -0.378. The Morgan fingerprint density at radius 2 is 1.67 bits per heavy atom. The van der Waals surface area contributed by atoms with Crippen LogP contribution in [0.5, 0.6) is 0 Å². The van der Waals surface area contributed by atoms with E-state index >= 15 is 0 Å². The lowest BCUT2D eigenvalue weighted by molar-refractivity contribution is 0.498. The first-order chi connectivity index (χ1) is 9.90. The van der Waals surface area contributed by atoms with E-state index in [0.29, 0.717) is 11.5 Å². The van der Waals surface area contributed by atoms with Gasteiger partial charge < -0.3 is 10.3 Å². The summed E-state index contributed by atoms with van der Waals surface area (Å²) in [7, 11) is 0. The standard InChI is InChI=1S/C18H24N2O/c1-12(2)11-20-14(4)7-10-16(18(20)21)17(19)15-8-5-13(3)6-9-15/h5-10,12,17H,11,19H2,1-4H3. The SMILES string of the molecule is Cc1ccc(C(N)c2ccc(C)n(CC(C)C)c2=O)cc1. The third-order valence-corrected chi connectivity index (χ3v) is 3.74. The molecule has 0 aliphatic carbocycles. The average molecular weight is 284 g/mol. The van der Waals surface area contributed by atoms with Gasteiger partial charge in [-0.25, -0.2) is 0 Å². The molecule has 21 heavy (non-hydrogen) atoms. The lowest BCUT2D eigenvalue weighted by Crippen LogP contribution is -2.31. The van der Waals surface area contributed by atoms with Gasteiger partial charge in [0.25, 0.3) is 5.56 Å². The molecule has 1 atom stereocenters. The summed E-state index contributed by atoms with van der Waals surface area (Å²) in [6, 6.07) is 11.5. The highest BCUT2D eigenvalue weighted by atomic mass is 16.1. The predicted molar refractivity (Wildman–Crippen MR) is 87.5 cm³/mol. The van der Waals surface area contributed by atoms with Crippen LogP contribution in [0.3, 0.4) is 0 Å². The van der Waals surface area contributed by atoms with E-state index in [9.17, 15) is 4.79 Å². The van der Waals surface area contributed by atoms with E-state index in [4.69, 9.17) is 5.73 Å². The lowest BCUT2D eigenvalue weighted by atomic mass is 9.99. The number of nitrogens with two attached hydrogens (primary N) is 1. The van der Waals surface area contributed by atoms with Crippen LogP contribution in [0, 0.1) is 19.8 Å². The second-order valence-corrected chi connectivity index (χ2v) is 6.13. The van der Waals surface area contributed by atoms with Crippen LogP contribution in [-0.2, 0) is 6.54 Å². The van der Waals surface area contributed by atoms with Gasteiger partial charge in [-0.1, -0.05) is 43.7 Å². The van der Waals surface area contributed by atoms with Crippen LogP contribution >= 0.6 is 0 Å². The van der Waals surface area contributed by atoms with Gasteiger partial charge in [0, 0.05) is 17.8 Å². The van der Waals surface area contributed by atoms with Gasteiger partial charge in [-0.2, -0.15) is 0 Å². The van der Waals surface area contributed by atoms with Crippen molar-refractivity contribution in [3.8, 4) is 0 Å². The number of pyridine rings is 1. The van der Waals surface area contributed by atoms with Gasteiger partial charge in [0.1, 0.15) is 0 Å². The molecule has 0 radical (unpaired) electrons. The highest BCUT2D eigenvalue weighted by molar-refractivity contribution is 5.32. The molecule has 112 valence electrons. The quantitative estimate of drug-likeness (QED) is 0.937. The van der Waals surface area contributed by atoms with E-state index < -0.39 is 0 Å². The molecule has 0 saturated heterocycles. The fourth-order valence-electron chi connectivity index (χ4n) is 2.47. The molecule has 0 spiro atoms. The number of hydrogen-bond acceptors (Lipinski definition) is 2. The van der Waals surface area contributed by atoms with E-state index in [2.05, 4.69) is 13.8 Å². The molecule has 1 heterocycles. The van der Waals surface area contributed by atoms with Gasteiger partial charge in [0.15, 0.2) is 0 Å². The normalized spacial score (nSPS) is 12.7. The van der Waals surface area contributed by atoms with Crippen molar-refractivity contribution in [3.63, 3.8) is 0 Å². The summed E-state index contributed by atoms with van der Waals surface area (Å²) in [4.78, 5) is 12.7. The molecule has 3 nitrogen and oxygen atoms in total. The smallest absolute Gasteiger partial charge is 0.255 e. The number of nitrogens with zero attached hydrogens (tertiary/aromatic N) is 1. The molecule has 0 amide bonds. The van der Waals surface area contributed by atoms with Crippen LogP contribution < -0.4 is 11.3 Å². The van der Waals surface area contributed by atoms with Crippen molar-refractivity contribution < 1.29 is 0 Å². The molecular weight excluding hydrogens is 260 g/mol. The van der Waals surface area contributed by atoms with Crippen molar-refractivity contribution in [1.29, 1.82) is 0 Å². The van der Waals surface area contributed by atoms with Crippen molar-refractivity contribution in [1.82, 2.24) is 4.57 Å². The molecule has 3 heteroatoms. The summed E-state index contributed by atoms with van der Waals surface area (Å²) < 4.78 is 1.83. The Bertz CT molecular complexity index is 669. The van der Waals surface area contributed by atoms with Crippen LogP contribution in [-0.4, -0.2) is 4.57 Å². The maximum Gasteiger partial charge on any atom is 0.255 e. The molecule has 0 bridgehead atoms. The van der Waals surface area contributed by atoms with E-state index in [1.807, 2.05) is 54.8 Å².